The highest BCUT2D eigenvalue weighted by Gasteiger charge is 2.38. The maximum Gasteiger partial charge on any atom is 0.312 e. The Kier molecular flexibility index (Phi) is 8.99. The standard InChI is InChI=1S/C24H30ClN9O4S/c1-28-20(35)15(4-2-3-7-29-24(27)38)31-21(36)17-12-39-22(32-17)18-8-14(26)10-34(18)23(37)16-11-33-9-13(25)5-6-19(33)30-16/h5-6,9,11-12,14-15,18H,2-4,7-8,10,26H2,1H3,(H,28,35)(H,31,36)(H3,27,29,38)/t14-,15?,18+/m1/s1. The smallest absolute Gasteiger partial charge is 0.312 e. The number of likely N-dealkylation sites (tertiary alicyclic amines) is 1. The Morgan fingerprint density at radius 2 is 1.97 bits per heavy atom. The van der Waals surface area contributed by atoms with Gasteiger partial charge in [0.1, 0.15) is 28.1 Å². The Balaban J connectivity index is 1.43. The Morgan fingerprint density at radius 3 is 2.72 bits per heavy atom. The number of rotatable bonds is 10. The third kappa shape index (κ3) is 6.82. The Bertz CT molecular complexity index is 1380. The molecule has 0 saturated carbocycles. The number of likely N-dealkylation sites (N-methyl/N-ethyl adjacent to an activating group) is 1. The van der Waals surface area contributed by atoms with Gasteiger partial charge in [0.05, 0.1) is 11.1 Å². The first kappa shape index (κ1) is 28.3. The average molecular weight is 576 g/mol. The normalized spacial score (nSPS) is 17.7. The summed E-state index contributed by atoms with van der Waals surface area (Å²) in [5, 5.41) is 10.5. The van der Waals surface area contributed by atoms with Crippen LogP contribution in [-0.4, -0.2) is 75.2 Å². The maximum absolute atomic E-state index is 13.4. The highest BCUT2D eigenvalue weighted by Crippen LogP contribution is 2.34. The second-order valence-corrected chi connectivity index (χ2v) is 10.5. The number of primary amides is 1. The van der Waals surface area contributed by atoms with Crippen LogP contribution in [0.1, 0.15) is 57.7 Å². The minimum atomic E-state index is -0.775. The molecule has 4 rings (SSSR count). The van der Waals surface area contributed by atoms with Crippen LogP contribution in [0.3, 0.4) is 0 Å². The fraction of sp³-hybridized carbons (Fsp3) is 0.417. The van der Waals surface area contributed by atoms with Crippen molar-refractivity contribution < 1.29 is 19.2 Å². The monoisotopic (exact) mass is 575 g/mol. The van der Waals surface area contributed by atoms with Gasteiger partial charge in [-0.15, -0.1) is 11.3 Å². The topological polar surface area (TPSA) is 190 Å². The van der Waals surface area contributed by atoms with E-state index in [0.717, 1.165) is 0 Å². The largest absolute Gasteiger partial charge is 0.357 e. The van der Waals surface area contributed by atoms with Gasteiger partial charge in [-0.1, -0.05) is 11.6 Å². The van der Waals surface area contributed by atoms with E-state index in [1.54, 1.807) is 39.2 Å². The summed E-state index contributed by atoms with van der Waals surface area (Å²) in [5.74, 6) is -1.13. The van der Waals surface area contributed by atoms with Crippen molar-refractivity contribution in [1.29, 1.82) is 0 Å². The number of aromatic nitrogens is 3. The molecule has 0 radical (unpaired) electrons. The van der Waals surface area contributed by atoms with E-state index in [9.17, 15) is 19.2 Å². The quantitative estimate of drug-likeness (QED) is 0.223. The van der Waals surface area contributed by atoms with Crippen molar-refractivity contribution in [3.05, 3.63) is 51.3 Å². The van der Waals surface area contributed by atoms with Crippen LogP contribution in [-0.2, 0) is 4.79 Å². The van der Waals surface area contributed by atoms with Crippen molar-refractivity contribution in [3.63, 3.8) is 0 Å². The van der Waals surface area contributed by atoms with Crippen LogP contribution in [0.4, 0.5) is 4.79 Å². The first-order valence-corrected chi connectivity index (χ1v) is 13.6. The predicted molar refractivity (Wildman–Crippen MR) is 145 cm³/mol. The van der Waals surface area contributed by atoms with E-state index in [4.69, 9.17) is 23.1 Å². The summed E-state index contributed by atoms with van der Waals surface area (Å²) in [7, 11) is 1.49. The molecule has 13 nitrogen and oxygen atoms in total. The van der Waals surface area contributed by atoms with E-state index in [2.05, 4.69) is 25.9 Å². The molecule has 0 aliphatic carbocycles. The molecule has 3 atom stereocenters. The molecule has 7 N–H and O–H groups in total. The number of nitrogens with zero attached hydrogens (tertiary/aromatic N) is 4. The summed E-state index contributed by atoms with van der Waals surface area (Å²) in [6.45, 7) is 0.698. The summed E-state index contributed by atoms with van der Waals surface area (Å²) in [5.41, 5.74) is 12.3. The van der Waals surface area contributed by atoms with Crippen molar-refractivity contribution in [2.24, 2.45) is 11.5 Å². The Labute approximate surface area is 233 Å². The van der Waals surface area contributed by atoms with E-state index < -0.39 is 24.0 Å². The van der Waals surface area contributed by atoms with Gasteiger partial charge in [0.15, 0.2) is 0 Å². The molecule has 5 amide bonds. The van der Waals surface area contributed by atoms with Crippen LogP contribution < -0.4 is 27.4 Å². The molecule has 1 aliphatic rings. The van der Waals surface area contributed by atoms with Gasteiger partial charge in [-0.3, -0.25) is 14.4 Å². The number of hydrogen-bond acceptors (Lipinski definition) is 8. The molecule has 1 unspecified atom stereocenters. The third-order valence-corrected chi connectivity index (χ3v) is 7.52. The van der Waals surface area contributed by atoms with Crippen molar-refractivity contribution >= 4 is 52.3 Å². The lowest BCUT2D eigenvalue weighted by Crippen LogP contribution is -2.45. The minimum absolute atomic E-state index is 0.148. The van der Waals surface area contributed by atoms with E-state index in [0.29, 0.717) is 54.5 Å². The summed E-state index contributed by atoms with van der Waals surface area (Å²) in [4.78, 5) is 60.0. The zero-order valence-corrected chi connectivity index (χ0v) is 22.8. The molecule has 3 aromatic heterocycles. The molecule has 39 heavy (non-hydrogen) atoms. The lowest BCUT2D eigenvalue weighted by Gasteiger charge is -2.22. The van der Waals surface area contributed by atoms with Gasteiger partial charge in [-0.2, -0.15) is 0 Å². The van der Waals surface area contributed by atoms with Crippen LogP contribution in [0, 0.1) is 0 Å². The number of nitrogens with two attached hydrogens (primary N) is 2. The Hall–Kier alpha value is -3.75. The van der Waals surface area contributed by atoms with E-state index in [1.807, 2.05) is 0 Å². The number of pyridine rings is 1. The second kappa shape index (κ2) is 12.4. The lowest BCUT2D eigenvalue weighted by molar-refractivity contribution is -0.122. The summed E-state index contributed by atoms with van der Waals surface area (Å²) < 4.78 is 1.68. The second-order valence-electron chi connectivity index (χ2n) is 9.21. The van der Waals surface area contributed by atoms with Crippen molar-refractivity contribution in [3.8, 4) is 0 Å². The van der Waals surface area contributed by atoms with Gasteiger partial charge in [0.2, 0.25) is 5.91 Å². The van der Waals surface area contributed by atoms with Crippen LogP contribution in [0.2, 0.25) is 5.02 Å². The SMILES string of the molecule is CNC(=O)C(CCCCNC(N)=O)NC(=O)c1csc([C@@H]2C[C@@H](N)CN2C(=O)c2cn3cc(Cl)ccc3n2)n1. The molecular formula is C24H30ClN9O4S. The summed E-state index contributed by atoms with van der Waals surface area (Å²) in [6, 6.07) is 1.36. The van der Waals surface area contributed by atoms with Crippen molar-refractivity contribution in [2.75, 3.05) is 20.1 Å². The molecule has 1 aliphatic heterocycles. The zero-order chi connectivity index (χ0) is 28.1. The van der Waals surface area contributed by atoms with Gasteiger partial charge in [-0.05, 0) is 37.8 Å². The number of halogens is 1. The lowest BCUT2D eigenvalue weighted by atomic mass is 10.1. The van der Waals surface area contributed by atoms with Crippen LogP contribution in [0.15, 0.2) is 29.9 Å². The summed E-state index contributed by atoms with van der Waals surface area (Å²) >= 11 is 7.30. The number of urea groups is 1. The number of thiazole rings is 1. The average Bonchev–Trinajstić information content (AvgIpc) is 3.64. The number of imidazole rings is 1. The zero-order valence-electron chi connectivity index (χ0n) is 21.2. The molecule has 1 fully saturated rings. The Morgan fingerprint density at radius 1 is 1.18 bits per heavy atom. The van der Waals surface area contributed by atoms with Gasteiger partial charge in [0.25, 0.3) is 11.8 Å². The fourth-order valence-electron chi connectivity index (χ4n) is 4.45. The fourth-order valence-corrected chi connectivity index (χ4v) is 5.54. The van der Waals surface area contributed by atoms with Gasteiger partial charge in [0, 0.05) is 44.0 Å². The molecule has 1 saturated heterocycles. The molecule has 4 heterocycles. The number of nitrogens with one attached hydrogen (secondary N) is 3. The number of carbonyl (C=O) groups is 4. The minimum Gasteiger partial charge on any atom is -0.357 e. The number of carbonyl (C=O) groups excluding carboxylic acids is 4. The predicted octanol–water partition coefficient (Wildman–Crippen LogP) is 1.04. The molecule has 3 aromatic rings. The summed E-state index contributed by atoms with van der Waals surface area (Å²) in [6.07, 6.45) is 5.32. The first-order valence-electron chi connectivity index (χ1n) is 12.4. The van der Waals surface area contributed by atoms with Crippen LogP contribution in [0.5, 0.6) is 0 Å². The molecule has 208 valence electrons. The molecule has 15 heteroatoms. The van der Waals surface area contributed by atoms with Crippen LogP contribution >= 0.6 is 22.9 Å². The van der Waals surface area contributed by atoms with Crippen LogP contribution in [0.25, 0.3) is 5.65 Å². The number of hydrogen-bond donors (Lipinski definition) is 5. The van der Waals surface area contributed by atoms with Gasteiger partial charge < -0.3 is 36.7 Å². The highest BCUT2D eigenvalue weighted by atomic mass is 35.5. The van der Waals surface area contributed by atoms with E-state index >= 15 is 0 Å². The van der Waals surface area contributed by atoms with Gasteiger partial charge in [-0.25, -0.2) is 14.8 Å². The highest BCUT2D eigenvalue weighted by molar-refractivity contribution is 7.09. The first-order chi connectivity index (χ1) is 18.7. The number of unbranched alkanes of at least 4 members (excludes halogenated alkanes) is 1. The molecule has 0 aromatic carbocycles. The van der Waals surface area contributed by atoms with E-state index in [-0.39, 0.29) is 29.2 Å². The number of fused-ring (bicyclic) bond motifs is 1. The molecular weight excluding hydrogens is 546 g/mol. The van der Waals surface area contributed by atoms with Gasteiger partial charge >= 0.3 is 6.03 Å². The van der Waals surface area contributed by atoms with Crippen molar-refractivity contribution in [1.82, 2.24) is 35.2 Å². The third-order valence-electron chi connectivity index (χ3n) is 6.36. The molecule has 0 bridgehead atoms. The molecule has 0 spiro atoms. The maximum atomic E-state index is 13.4. The van der Waals surface area contributed by atoms with E-state index in [1.165, 1.54) is 18.4 Å². The number of amides is 5. The van der Waals surface area contributed by atoms with Crippen molar-refractivity contribution in [2.45, 2.75) is 43.8 Å².